The molecule has 1 saturated carbocycles. The van der Waals surface area contributed by atoms with Gasteiger partial charge in [0.15, 0.2) is 0 Å². The smallest absolute Gasteiger partial charge is 0.225 e. The molecule has 164 valence electrons. The van der Waals surface area contributed by atoms with Crippen LogP contribution < -0.4 is 5.32 Å². The Kier molecular flexibility index (Phi) is 5.36. The second-order valence-corrected chi connectivity index (χ2v) is 9.52. The molecule has 2 aromatic carbocycles. The van der Waals surface area contributed by atoms with E-state index in [2.05, 4.69) is 5.32 Å². The maximum atomic E-state index is 14.5. The highest BCUT2D eigenvalue weighted by Gasteiger charge is 2.63. The Balaban J connectivity index is 1.43. The van der Waals surface area contributed by atoms with Crippen molar-refractivity contribution in [3.8, 4) is 0 Å². The maximum absolute atomic E-state index is 14.5. The van der Waals surface area contributed by atoms with E-state index in [1.54, 1.807) is 4.90 Å². The third-order valence-corrected chi connectivity index (χ3v) is 7.20. The molecule has 2 aliphatic rings. The summed E-state index contributed by atoms with van der Waals surface area (Å²) in [5.74, 6) is -1.87. The minimum atomic E-state index is -0.615. The number of carbonyl (C=O) groups excluding carboxylic acids is 2. The van der Waals surface area contributed by atoms with Crippen LogP contribution in [0.1, 0.15) is 50.8 Å². The van der Waals surface area contributed by atoms with Crippen LogP contribution in [0.5, 0.6) is 0 Å². The second-order valence-electron chi connectivity index (χ2n) is 9.52. The van der Waals surface area contributed by atoms with Gasteiger partial charge in [0.05, 0.1) is 12.0 Å². The summed E-state index contributed by atoms with van der Waals surface area (Å²) in [5.41, 5.74) is 0.682. The highest BCUT2D eigenvalue weighted by atomic mass is 19.1. The Morgan fingerprint density at radius 2 is 1.87 bits per heavy atom. The average molecular weight is 427 g/mol. The van der Waals surface area contributed by atoms with E-state index in [1.807, 2.05) is 51.1 Å². The molecule has 31 heavy (non-hydrogen) atoms. The van der Waals surface area contributed by atoms with E-state index >= 15 is 0 Å². The van der Waals surface area contributed by atoms with Gasteiger partial charge >= 0.3 is 0 Å². The zero-order chi connectivity index (χ0) is 22.4. The van der Waals surface area contributed by atoms with Crippen molar-refractivity contribution in [3.63, 3.8) is 0 Å². The van der Waals surface area contributed by atoms with Crippen LogP contribution in [0, 0.1) is 23.0 Å². The fraction of sp³-hybridized carbons (Fsp3) is 0.440. The number of hydrogen-bond donors (Lipinski definition) is 1. The van der Waals surface area contributed by atoms with E-state index < -0.39 is 23.0 Å². The molecule has 6 heteroatoms. The zero-order valence-electron chi connectivity index (χ0n) is 18.1. The Morgan fingerprint density at radius 3 is 2.48 bits per heavy atom. The summed E-state index contributed by atoms with van der Waals surface area (Å²) < 4.78 is 27.9. The summed E-state index contributed by atoms with van der Waals surface area (Å²) in [7, 11) is 0. The highest BCUT2D eigenvalue weighted by molar-refractivity contribution is 5.89. The molecule has 1 N–H and O–H groups in total. The molecule has 4 rings (SSSR count). The first-order valence-corrected chi connectivity index (χ1v) is 10.7. The second kappa shape index (κ2) is 7.74. The maximum Gasteiger partial charge on any atom is 0.225 e. The molecule has 3 atom stereocenters. The first kappa shape index (κ1) is 21.5. The molecule has 2 amide bonds. The van der Waals surface area contributed by atoms with Gasteiger partial charge in [-0.1, -0.05) is 50.2 Å². The lowest BCUT2D eigenvalue weighted by Crippen LogP contribution is -2.39. The van der Waals surface area contributed by atoms with Gasteiger partial charge < -0.3 is 10.2 Å². The van der Waals surface area contributed by atoms with Crippen molar-refractivity contribution >= 4 is 11.8 Å². The third kappa shape index (κ3) is 3.84. The van der Waals surface area contributed by atoms with Crippen LogP contribution in [-0.2, 0) is 15.0 Å². The van der Waals surface area contributed by atoms with Gasteiger partial charge in [-0.25, -0.2) is 8.78 Å². The first-order chi connectivity index (χ1) is 14.6. The van der Waals surface area contributed by atoms with E-state index in [-0.39, 0.29) is 36.2 Å². The quantitative estimate of drug-likeness (QED) is 0.746. The molecule has 2 aromatic rings. The lowest BCUT2D eigenvalue weighted by molar-refractivity contribution is -0.130. The minimum Gasteiger partial charge on any atom is -0.355 e. The average Bonchev–Trinajstić information content (AvgIpc) is 3.08. The molecule has 0 bridgehead atoms. The number of amides is 2. The largest absolute Gasteiger partial charge is 0.355 e. The van der Waals surface area contributed by atoms with E-state index in [9.17, 15) is 18.4 Å². The van der Waals surface area contributed by atoms with Crippen LogP contribution in [0.25, 0.3) is 0 Å². The first-order valence-electron chi connectivity index (χ1n) is 10.7. The molecule has 2 fully saturated rings. The number of carbonyl (C=O) groups is 2. The molecule has 1 aliphatic carbocycles. The van der Waals surface area contributed by atoms with Crippen molar-refractivity contribution in [1.82, 2.24) is 10.2 Å². The fourth-order valence-electron chi connectivity index (χ4n) is 5.02. The number of hydrogen-bond acceptors (Lipinski definition) is 2. The molecule has 1 heterocycles. The molecular formula is C25H28F2N2O2. The summed E-state index contributed by atoms with van der Waals surface area (Å²) in [6.45, 7) is 6.63. The van der Waals surface area contributed by atoms with Gasteiger partial charge in [-0.15, -0.1) is 0 Å². The molecular weight excluding hydrogens is 398 g/mol. The lowest BCUT2D eigenvalue weighted by atomic mass is 9.87. The minimum absolute atomic E-state index is 0.0393. The third-order valence-electron chi connectivity index (χ3n) is 7.20. The SMILES string of the molecule is CC(c1ccccc1)N1CC(C(=O)NCC2(c3ccc(F)cc3F)CC2(C)C)CC1=O. The summed E-state index contributed by atoms with van der Waals surface area (Å²) >= 11 is 0. The molecule has 3 unspecified atom stereocenters. The van der Waals surface area contributed by atoms with E-state index in [4.69, 9.17) is 0 Å². The molecule has 4 nitrogen and oxygen atoms in total. The molecule has 0 radical (unpaired) electrons. The van der Waals surface area contributed by atoms with Crippen LogP contribution >= 0.6 is 0 Å². The molecule has 0 aromatic heterocycles. The Bertz CT molecular complexity index is 1010. The highest BCUT2D eigenvalue weighted by Crippen LogP contribution is 2.64. The van der Waals surface area contributed by atoms with Crippen molar-refractivity contribution in [3.05, 3.63) is 71.3 Å². The molecule has 0 spiro atoms. The predicted molar refractivity (Wildman–Crippen MR) is 114 cm³/mol. The normalized spacial score (nSPS) is 25.4. The number of benzene rings is 2. The van der Waals surface area contributed by atoms with Gasteiger partial charge in [0.1, 0.15) is 11.6 Å². The van der Waals surface area contributed by atoms with Gasteiger partial charge in [-0.2, -0.15) is 0 Å². The number of halogens is 2. The Hall–Kier alpha value is -2.76. The summed E-state index contributed by atoms with van der Waals surface area (Å²) in [5, 5.41) is 2.96. The van der Waals surface area contributed by atoms with Crippen LogP contribution in [0.4, 0.5) is 8.78 Å². The van der Waals surface area contributed by atoms with Crippen LogP contribution in [0.3, 0.4) is 0 Å². The van der Waals surface area contributed by atoms with Gasteiger partial charge in [-0.05, 0) is 36.0 Å². The zero-order valence-corrected chi connectivity index (χ0v) is 18.1. The van der Waals surface area contributed by atoms with Crippen LogP contribution in [-0.4, -0.2) is 29.8 Å². The summed E-state index contributed by atoms with van der Waals surface area (Å²) in [4.78, 5) is 27.2. The molecule has 1 aliphatic heterocycles. The van der Waals surface area contributed by atoms with Crippen molar-refractivity contribution < 1.29 is 18.4 Å². The number of rotatable bonds is 6. The lowest BCUT2D eigenvalue weighted by Gasteiger charge is -2.26. The van der Waals surface area contributed by atoms with Gasteiger partial charge in [0, 0.05) is 31.0 Å². The number of nitrogens with zero attached hydrogens (tertiary/aromatic N) is 1. The van der Waals surface area contributed by atoms with Crippen LogP contribution in [0.2, 0.25) is 0 Å². The van der Waals surface area contributed by atoms with Crippen molar-refractivity contribution in [2.45, 2.75) is 45.1 Å². The van der Waals surface area contributed by atoms with Gasteiger partial charge in [-0.3, -0.25) is 9.59 Å². The Morgan fingerprint density at radius 1 is 1.19 bits per heavy atom. The number of nitrogens with one attached hydrogen (secondary N) is 1. The Labute approximate surface area is 181 Å². The number of likely N-dealkylation sites (tertiary alicyclic amines) is 1. The van der Waals surface area contributed by atoms with Gasteiger partial charge in [0.25, 0.3) is 0 Å². The molecule has 1 saturated heterocycles. The van der Waals surface area contributed by atoms with Crippen molar-refractivity contribution in [2.24, 2.45) is 11.3 Å². The van der Waals surface area contributed by atoms with E-state index in [0.29, 0.717) is 18.5 Å². The van der Waals surface area contributed by atoms with Crippen LogP contribution in [0.15, 0.2) is 48.5 Å². The van der Waals surface area contributed by atoms with Crippen molar-refractivity contribution in [1.29, 1.82) is 0 Å². The summed E-state index contributed by atoms with van der Waals surface area (Å²) in [6.07, 6.45) is 0.869. The fourth-order valence-corrected chi connectivity index (χ4v) is 5.02. The van der Waals surface area contributed by atoms with E-state index in [0.717, 1.165) is 11.6 Å². The topological polar surface area (TPSA) is 49.4 Å². The van der Waals surface area contributed by atoms with E-state index in [1.165, 1.54) is 12.1 Å². The van der Waals surface area contributed by atoms with Crippen molar-refractivity contribution in [2.75, 3.05) is 13.1 Å². The predicted octanol–water partition coefficient (Wildman–Crippen LogP) is 4.36. The van der Waals surface area contributed by atoms with Gasteiger partial charge in [0.2, 0.25) is 11.8 Å². The standard InChI is InChI=1S/C25H28F2N2O2/c1-16(17-7-5-4-6-8-17)29-13-18(11-22(29)30)23(31)28-15-25(14-24(25,2)3)20-10-9-19(26)12-21(20)27/h4-10,12,16,18H,11,13-15H2,1-3H3,(H,28,31). The summed E-state index contributed by atoms with van der Waals surface area (Å²) in [6, 6.07) is 13.3. The monoisotopic (exact) mass is 426 g/mol.